The molecule has 4 amide bonds. The molecular weight excluding hydrogens is 942 g/mol. The molecule has 12 rings (SSSR count). The number of alkyl carbamates (subject to hydrolysis) is 2. The van der Waals surface area contributed by atoms with Crippen LogP contribution in [-0.4, -0.2) is 110 Å². The first-order chi connectivity index (χ1) is 35.0. The predicted octanol–water partition coefficient (Wildman–Crippen LogP) is 8.57. The molecule has 3 saturated heterocycles. The Morgan fingerprint density at radius 1 is 0.847 bits per heavy atom. The number of imidazole rings is 2. The SMILES string of the molecule is COC(=O)N[C@H](C(=O)N1CCC[C@H]1c1ncc(-c2cc(F)c3c(c2)OC(c2cc4c(s2)CCC4)n2c-3cc3cc(-c4cnc([C@@H]5C[C@H]6C[C@H]6N5C(=O)[C@@H](NC(=O)OC)C5CCOCC5)[nH]4)ccc32)[nH]1)C(C)C. The molecule has 2 aromatic carbocycles. The van der Waals surface area contributed by atoms with Crippen molar-refractivity contribution in [2.75, 3.05) is 34.0 Å². The summed E-state index contributed by atoms with van der Waals surface area (Å²) in [5.74, 6) is 1.06. The van der Waals surface area contributed by atoms with Crippen LogP contribution in [0.2, 0.25) is 0 Å². The number of hydrogen-bond donors (Lipinski definition) is 4. The minimum atomic E-state index is -0.768. The number of nitrogens with zero attached hydrogens (tertiary/aromatic N) is 5. The maximum Gasteiger partial charge on any atom is 0.407 e. The fourth-order valence-electron chi connectivity index (χ4n) is 12.1. The summed E-state index contributed by atoms with van der Waals surface area (Å²) >= 11 is 1.75. The zero-order chi connectivity index (χ0) is 49.5. The Hall–Kier alpha value is -6.73. The molecule has 0 bridgehead atoms. The van der Waals surface area contributed by atoms with Gasteiger partial charge in [0.2, 0.25) is 18.0 Å². The van der Waals surface area contributed by atoms with Crippen LogP contribution in [0.5, 0.6) is 5.75 Å². The molecule has 1 unspecified atom stereocenters. The minimum Gasteiger partial charge on any atom is -0.464 e. The molecule has 8 heterocycles. The number of ether oxygens (including phenoxy) is 4. The highest BCUT2D eigenvalue weighted by molar-refractivity contribution is 7.12. The highest BCUT2D eigenvalue weighted by Gasteiger charge is 2.56. The number of thiophene rings is 1. The quantitative estimate of drug-likeness (QED) is 0.0976. The molecular formula is C53H58FN9O8S. The van der Waals surface area contributed by atoms with Gasteiger partial charge in [-0.25, -0.2) is 23.9 Å². The number of carbonyl (C=O) groups is 4. The van der Waals surface area contributed by atoms with E-state index < -0.39 is 36.3 Å². The van der Waals surface area contributed by atoms with Crippen LogP contribution in [0.1, 0.15) is 104 Å². The van der Waals surface area contributed by atoms with Crippen molar-refractivity contribution in [1.29, 1.82) is 0 Å². The summed E-state index contributed by atoms with van der Waals surface area (Å²) in [5.41, 5.74) is 6.10. The van der Waals surface area contributed by atoms with Gasteiger partial charge in [0.25, 0.3) is 0 Å². The molecule has 2 aliphatic carbocycles. The van der Waals surface area contributed by atoms with Gasteiger partial charge in [-0.1, -0.05) is 19.9 Å². The molecule has 1 saturated carbocycles. The number of aryl methyl sites for hydroxylation is 2. The van der Waals surface area contributed by atoms with E-state index in [4.69, 9.17) is 28.9 Å². The Bertz CT molecular complexity index is 3100. The number of aromatic nitrogens is 5. The molecule has 6 aliphatic rings. The largest absolute Gasteiger partial charge is 0.464 e. The Morgan fingerprint density at radius 2 is 1.60 bits per heavy atom. The molecule has 376 valence electrons. The second kappa shape index (κ2) is 18.4. The van der Waals surface area contributed by atoms with E-state index in [1.165, 1.54) is 30.7 Å². The zero-order valence-corrected chi connectivity index (χ0v) is 41.5. The number of amides is 4. The van der Waals surface area contributed by atoms with Gasteiger partial charge in [-0.3, -0.25) is 14.2 Å². The van der Waals surface area contributed by atoms with E-state index in [9.17, 15) is 19.2 Å². The van der Waals surface area contributed by atoms with Crippen LogP contribution in [0.4, 0.5) is 14.0 Å². The van der Waals surface area contributed by atoms with Crippen LogP contribution in [0.25, 0.3) is 44.7 Å². The standard InChI is InChI=1S/C53H58FN9O8S/c1-26(2)45(59-52(66)68-3)49(64)61-14-6-8-37(61)47-55-25-35(58-47)30-18-33(54)44-39-20-31-17-28(10-11-36(31)63(39)51(71-41(44)22-30)43-23-29-7-5-9-42(29)72-43)34-24-56-48(57-34)40-21-32-19-38(32)62(40)50(65)46(60-53(67)69-4)27-12-15-70-16-13-27/h10-11,17-18,20,22-27,32,37-38,40,45-46,51H,5-9,12-16,19,21H2,1-4H3,(H,55,58)(H,56,57)(H,59,66)(H,60,67)/t32-,37+,38-,40+,45+,46+,51?/m1/s1. The van der Waals surface area contributed by atoms with Crippen molar-refractivity contribution in [2.24, 2.45) is 17.8 Å². The van der Waals surface area contributed by atoms with Gasteiger partial charge < -0.3 is 49.3 Å². The summed E-state index contributed by atoms with van der Waals surface area (Å²) in [5, 5.41) is 6.46. The van der Waals surface area contributed by atoms with Crippen LogP contribution in [-0.2, 0) is 36.6 Å². The van der Waals surface area contributed by atoms with E-state index >= 15 is 4.39 Å². The van der Waals surface area contributed by atoms with Crippen molar-refractivity contribution in [3.63, 3.8) is 0 Å². The number of likely N-dealkylation sites (tertiary alicyclic amines) is 2. The second-order valence-corrected chi connectivity index (χ2v) is 21.6. The van der Waals surface area contributed by atoms with E-state index in [1.54, 1.807) is 22.4 Å². The van der Waals surface area contributed by atoms with Gasteiger partial charge in [0.1, 0.15) is 35.3 Å². The van der Waals surface area contributed by atoms with Gasteiger partial charge in [0.15, 0.2) is 0 Å². The van der Waals surface area contributed by atoms with Crippen LogP contribution >= 0.6 is 11.3 Å². The number of aromatic amines is 2. The molecule has 7 atom stereocenters. The van der Waals surface area contributed by atoms with Crippen molar-refractivity contribution < 1.29 is 42.5 Å². The first-order valence-corrected chi connectivity index (χ1v) is 26.0. The van der Waals surface area contributed by atoms with Crippen molar-refractivity contribution in [1.82, 2.24) is 44.9 Å². The lowest BCUT2D eigenvalue weighted by Crippen LogP contribution is -2.54. The average Bonchev–Trinajstić information content (AvgIpc) is 4.19. The number of carbonyl (C=O) groups excluding carboxylic acids is 4. The maximum atomic E-state index is 17.0. The van der Waals surface area contributed by atoms with E-state index in [1.807, 2.05) is 43.1 Å². The molecule has 0 spiro atoms. The summed E-state index contributed by atoms with van der Waals surface area (Å²) in [6.45, 7) is 5.34. The fourth-order valence-corrected chi connectivity index (χ4v) is 13.3. The number of rotatable bonds is 11. The fraction of sp³-hybridized carbons (Fsp3) is 0.472. The maximum absolute atomic E-state index is 17.0. The lowest BCUT2D eigenvalue weighted by atomic mass is 9.90. The Balaban J connectivity index is 0.854. The summed E-state index contributed by atoms with van der Waals surface area (Å²) in [6.07, 6.45) is 9.30. The van der Waals surface area contributed by atoms with E-state index in [0.717, 1.165) is 65.6 Å². The summed E-state index contributed by atoms with van der Waals surface area (Å²) in [4.78, 5) is 75.7. The van der Waals surface area contributed by atoms with Crippen molar-refractivity contribution in [3.8, 4) is 39.5 Å². The van der Waals surface area contributed by atoms with E-state index in [0.29, 0.717) is 84.9 Å². The molecule has 6 aromatic rings. The number of fused-ring (bicyclic) bond motifs is 7. The monoisotopic (exact) mass is 999 g/mol. The van der Waals surface area contributed by atoms with Gasteiger partial charge in [0.05, 0.1) is 71.7 Å². The Morgan fingerprint density at radius 3 is 2.35 bits per heavy atom. The topological polar surface area (TPSA) is 198 Å². The molecule has 17 nitrogen and oxygen atoms in total. The highest BCUT2D eigenvalue weighted by atomic mass is 32.1. The van der Waals surface area contributed by atoms with Gasteiger partial charge in [0, 0.05) is 47.2 Å². The molecule has 4 N–H and O–H groups in total. The number of hydrogen-bond acceptors (Lipinski definition) is 11. The second-order valence-electron chi connectivity index (χ2n) is 20.5. The minimum absolute atomic E-state index is 0.0646. The van der Waals surface area contributed by atoms with Crippen LogP contribution < -0.4 is 15.4 Å². The molecule has 4 aromatic heterocycles. The molecule has 72 heavy (non-hydrogen) atoms. The van der Waals surface area contributed by atoms with Crippen molar-refractivity contribution >= 4 is 46.2 Å². The zero-order valence-electron chi connectivity index (χ0n) is 40.7. The smallest absolute Gasteiger partial charge is 0.407 e. The predicted molar refractivity (Wildman–Crippen MR) is 264 cm³/mol. The normalized spacial score (nSPS) is 23.0. The van der Waals surface area contributed by atoms with Crippen molar-refractivity contribution in [2.45, 2.75) is 108 Å². The number of benzene rings is 2. The number of piperidine rings is 1. The van der Waals surface area contributed by atoms with Crippen LogP contribution in [0, 0.1) is 23.6 Å². The lowest BCUT2D eigenvalue weighted by Gasteiger charge is -2.35. The third-order valence-electron chi connectivity index (χ3n) is 15.8. The number of H-pyrrole nitrogens is 2. The van der Waals surface area contributed by atoms with Crippen LogP contribution in [0.15, 0.2) is 54.9 Å². The highest BCUT2D eigenvalue weighted by Crippen LogP contribution is 2.54. The number of methoxy groups -OCH3 is 2. The van der Waals surface area contributed by atoms with Gasteiger partial charge in [-0.2, -0.15) is 0 Å². The summed E-state index contributed by atoms with van der Waals surface area (Å²) < 4.78 is 41.4. The average molecular weight is 1000 g/mol. The van der Waals surface area contributed by atoms with Crippen molar-refractivity contribution in [3.05, 3.63) is 87.6 Å². The van der Waals surface area contributed by atoms with Gasteiger partial charge in [-0.05, 0) is 118 Å². The van der Waals surface area contributed by atoms with Gasteiger partial charge >= 0.3 is 12.2 Å². The molecule has 19 heteroatoms. The Labute approximate surface area is 419 Å². The summed E-state index contributed by atoms with van der Waals surface area (Å²) in [6, 6.07) is 11.8. The molecule has 4 aliphatic heterocycles. The van der Waals surface area contributed by atoms with Crippen LogP contribution in [0.3, 0.4) is 0 Å². The first kappa shape index (κ1) is 46.3. The molecule has 0 radical (unpaired) electrons. The Kier molecular flexibility index (Phi) is 11.8. The number of halogens is 1. The summed E-state index contributed by atoms with van der Waals surface area (Å²) in [7, 11) is 2.58. The van der Waals surface area contributed by atoms with E-state index in [2.05, 4.69) is 43.4 Å². The third kappa shape index (κ3) is 8.08. The lowest BCUT2D eigenvalue weighted by molar-refractivity contribution is -0.138. The van der Waals surface area contributed by atoms with E-state index in [-0.39, 0.29) is 41.8 Å². The third-order valence-corrected chi connectivity index (χ3v) is 17.1. The molecule has 4 fully saturated rings. The number of nitrogens with one attached hydrogen (secondary N) is 4. The van der Waals surface area contributed by atoms with Gasteiger partial charge in [-0.15, -0.1) is 11.3 Å². The first-order valence-electron chi connectivity index (χ1n) is 25.2.